The Labute approximate surface area is 104 Å². The van der Waals surface area contributed by atoms with Crippen LogP contribution in [0.3, 0.4) is 0 Å². The third-order valence-corrected chi connectivity index (χ3v) is 4.66. The van der Waals surface area contributed by atoms with Crippen molar-refractivity contribution >= 4 is 5.69 Å². The van der Waals surface area contributed by atoms with E-state index in [0.717, 1.165) is 12.2 Å². The molecule has 0 aromatic heterocycles. The van der Waals surface area contributed by atoms with Crippen LogP contribution < -0.4 is 5.73 Å². The van der Waals surface area contributed by atoms with Crippen molar-refractivity contribution in [3.63, 3.8) is 0 Å². The van der Waals surface area contributed by atoms with Crippen LogP contribution in [0.4, 0.5) is 5.69 Å². The molecular formula is C15H22N2. The molecule has 0 radical (unpaired) electrons. The Balaban J connectivity index is 1.63. The highest BCUT2D eigenvalue weighted by molar-refractivity contribution is 5.49. The van der Waals surface area contributed by atoms with Crippen molar-refractivity contribution in [1.82, 2.24) is 4.90 Å². The molecule has 0 bridgehead atoms. The molecule has 0 amide bonds. The molecular weight excluding hydrogens is 208 g/mol. The first-order chi connectivity index (χ1) is 8.19. The standard InChI is InChI=1S/C15H22N2/c1-12-13(5-4-6-14(12)16)9-17-10-15(11-17)7-2-3-8-15/h4-6H,2-3,7-11,16H2,1H3. The Morgan fingerprint density at radius 1 is 1.24 bits per heavy atom. The molecule has 1 aromatic rings. The zero-order chi connectivity index (χ0) is 11.9. The monoisotopic (exact) mass is 230 g/mol. The molecule has 2 N–H and O–H groups in total. The quantitative estimate of drug-likeness (QED) is 0.791. The molecule has 1 aliphatic heterocycles. The lowest BCUT2D eigenvalue weighted by molar-refractivity contribution is -0.000358. The fraction of sp³-hybridized carbons (Fsp3) is 0.600. The van der Waals surface area contributed by atoms with Gasteiger partial charge in [0.2, 0.25) is 0 Å². The summed E-state index contributed by atoms with van der Waals surface area (Å²) >= 11 is 0. The number of nitrogens with two attached hydrogens (primary N) is 1. The third-order valence-electron chi connectivity index (χ3n) is 4.66. The third kappa shape index (κ3) is 1.95. The van der Waals surface area contributed by atoms with Crippen molar-refractivity contribution in [2.75, 3.05) is 18.8 Å². The Morgan fingerprint density at radius 3 is 2.65 bits per heavy atom. The second kappa shape index (κ2) is 4.02. The highest BCUT2D eigenvalue weighted by Crippen LogP contribution is 2.45. The molecule has 1 heterocycles. The normalized spacial score (nSPS) is 22.9. The first-order valence-electron chi connectivity index (χ1n) is 6.75. The maximum Gasteiger partial charge on any atom is 0.0346 e. The molecule has 1 aromatic carbocycles. The zero-order valence-corrected chi connectivity index (χ0v) is 10.7. The molecule has 2 aliphatic rings. The highest BCUT2D eigenvalue weighted by Gasteiger charge is 2.44. The predicted molar refractivity (Wildman–Crippen MR) is 71.8 cm³/mol. The molecule has 0 unspecified atom stereocenters. The van der Waals surface area contributed by atoms with E-state index in [1.165, 1.54) is 49.9 Å². The van der Waals surface area contributed by atoms with Crippen LogP contribution in [0, 0.1) is 12.3 Å². The lowest BCUT2D eigenvalue weighted by Crippen LogP contribution is -2.54. The van der Waals surface area contributed by atoms with Gasteiger partial charge in [-0.25, -0.2) is 0 Å². The smallest absolute Gasteiger partial charge is 0.0346 e. The van der Waals surface area contributed by atoms with Gasteiger partial charge in [0.1, 0.15) is 0 Å². The van der Waals surface area contributed by atoms with E-state index in [0.29, 0.717) is 5.41 Å². The summed E-state index contributed by atoms with van der Waals surface area (Å²) < 4.78 is 0. The number of nitrogen functional groups attached to an aromatic ring is 1. The molecule has 1 saturated heterocycles. The van der Waals surface area contributed by atoms with Gasteiger partial charge in [-0.1, -0.05) is 25.0 Å². The number of nitrogens with zero attached hydrogens (tertiary/aromatic N) is 1. The summed E-state index contributed by atoms with van der Waals surface area (Å²) in [5, 5.41) is 0. The van der Waals surface area contributed by atoms with Crippen LogP contribution in [0.15, 0.2) is 18.2 Å². The van der Waals surface area contributed by atoms with E-state index in [1.807, 2.05) is 6.07 Å². The number of anilines is 1. The van der Waals surface area contributed by atoms with E-state index in [1.54, 1.807) is 0 Å². The number of hydrogen-bond donors (Lipinski definition) is 1. The number of rotatable bonds is 2. The van der Waals surface area contributed by atoms with Gasteiger partial charge in [0.05, 0.1) is 0 Å². The van der Waals surface area contributed by atoms with Gasteiger partial charge < -0.3 is 5.73 Å². The van der Waals surface area contributed by atoms with Crippen LogP contribution >= 0.6 is 0 Å². The highest BCUT2D eigenvalue weighted by atomic mass is 15.2. The van der Waals surface area contributed by atoms with Gasteiger partial charge >= 0.3 is 0 Å². The van der Waals surface area contributed by atoms with E-state index in [2.05, 4.69) is 24.0 Å². The van der Waals surface area contributed by atoms with Crippen LogP contribution in [0.25, 0.3) is 0 Å². The molecule has 1 aliphatic carbocycles. The van der Waals surface area contributed by atoms with Crippen molar-refractivity contribution < 1.29 is 0 Å². The van der Waals surface area contributed by atoms with E-state index < -0.39 is 0 Å². The van der Waals surface area contributed by atoms with E-state index >= 15 is 0 Å². The molecule has 3 rings (SSSR count). The second-order valence-corrected chi connectivity index (χ2v) is 5.98. The summed E-state index contributed by atoms with van der Waals surface area (Å²) in [5.74, 6) is 0. The minimum Gasteiger partial charge on any atom is -0.399 e. The van der Waals surface area contributed by atoms with Crippen molar-refractivity contribution in [3.8, 4) is 0 Å². The Kier molecular flexibility index (Phi) is 2.62. The Morgan fingerprint density at radius 2 is 1.94 bits per heavy atom. The summed E-state index contributed by atoms with van der Waals surface area (Å²) in [4.78, 5) is 2.58. The summed E-state index contributed by atoms with van der Waals surface area (Å²) in [6.07, 6.45) is 5.81. The molecule has 2 heteroatoms. The fourth-order valence-electron chi connectivity index (χ4n) is 3.57. The molecule has 2 nitrogen and oxygen atoms in total. The minimum atomic E-state index is 0.703. The van der Waals surface area contributed by atoms with Crippen molar-refractivity contribution in [2.45, 2.75) is 39.2 Å². The molecule has 1 saturated carbocycles. The van der Waals surface area contributed by atoms with Crippen molar-refractivity contribution in [3.05, 3.63) is 29.3 Å². The topological polar surface area (TPSA) is 29.3 Å². The first-order valence-corrected chi connectivity index (χ1v) is 6.75. The predicted octanol–water partition coefficient (Wildman–Crippen LogP) is 2.95. The Hall–Kier alpha value is -1.02. The zero-order valence-electron chi connectivity index (χ0n) is 10.7. The van der Waals surface area contributed by atoms with Gasteiger partial charge in [0.25, 0.3) is 0 Å². The average Bonchev–Trinajstić information content (AvgIpc) is 2.73. The van der Waals surface area contributed by atoms with Crippen LogP contribution in [0.1, 0.15) is 36.8 Å². The van der Waals surface area contributed by atoms with E-state index in [4.69, 9.17) is 5.73 Å². The number of hydrogen-bond acceptors (Lipinski definition) is 2. The van der Waals surface area contributed by atoms with Crippen LogP contribution in [-0.2, 0) is 6.54 Å². The average molecular weight is 230 g/mol. The van der Waals surface area contributed by atoms with Crippen molar-refractivity contribution in [1.29, 1.82) is 0 Å². The first kappa shape index (κ1) is 11.1. The summed E-state index contributed by atoms with van der Waals surface area (Å²) in [7, 11) is 0. The molecule has 92 valence electrons. The van der Waals surface area contributed by atoms with Crippen molar-refractivity contribution in [2.24, 2.45) is 5.41 Å². The fourth-order valence-corrected chi connectivity index (χ4v) is 3.57. The second-order valence-electron chi connectivity index (χ2n) is 5.98. The van der Waals surface area contributed by atoms with Gasteiger partial charge in [-0.3, -0.25) is 4.90 Å². The SMILES string of the molecule is Cc1c(N)cccc1CN1CC2(CCCC2)C1. The number of benzene rings is 1. The molecule has 17 heavy (non-hydrogen) atoms. The van der Waals surface area contributed by atoms with Gasteiger partial charge in [-0.2, -0.15) is 0 Å². The van der Waals surface area contributed by atoms with E-state index in [-0.39, 0.29) is 0 Å². The van der Waals surface area contributed by atoms with Gasteiger partial charge in [-0.15, -0.1) is 0 Å². The van der Waals surface area contributed by atoms with Gasteiger partial charge in [0, 0.05) is 25.3 Å². The largest absolute Gasteiger partial charge is 0.399 e. The van der Waals surface area contributed by atoms with Crippen LogP contribution in [0.5, 0.6) is 0 Å². The van der Waals surface area contributed by atoms with E-state index in [9.17, 15) is 0 Å². The molecule has 2 fully saturated rings. The maximum absolute atomic E-state index is 5.95. The Bertz CT molecular complexity index is 411. The lowest BCUT2D eigenvalue weighted by atomic mass is 9.78. The van der Waals surface area contributed by atoms with Gasteiger partial charge in [-0.05, 0) is 42.4 Å². The van der Waals surface area contributed by atoms with Crippen LogP contribution in [-0.4, -0.2) is 18.0 Å². The number of likely N-dealkylation sites (tertiary alicyclic amines) is 1. The maximum atomic E-state index is 5.95. The molecule has 0 atom stereocenters. The summed E-state index contributed by atoms with van der Waals surface area (Å²) in [6.45, 7) is 5.83. The lowest BCUT2D eigenvalue weighted by Gasteiger charge is -2.48. The minimum absolute atomic E-state index is 0.703. The van der Waals surface area contributed by atoms with Crippen LogP contribution in [0.2, 0.25) is 0 Å². The summed E-state index contributed by atoms with van der Waals surface area (Å²) in [6, 6.07) is 6.28. The molecule has 1 spiro atoms. The van der Waals surface area contributed by atoms with Gasteiger partial charge in [0.15, 0.2) is 0 Å². The summed E-state index contributed by atoms with van der Waals surface area (Å²) in [5.41, 5.74) is 10.2.